The molecule has 12 nitrogen and oxygen atoms in total. The first-order valence-corrected chi connectivity index (χ1v) is 9.34. The third-order valence-electron chi connectivity index (χ3n) is 5.42. The Morgan fingerprint density at radius 3 is 2.25 bits per heavy atom. The fourth-order valence-corrected chi connectivity index (χ4v) is 3.86. The zero-order valence-electron chi connectivity index (χ0n) is 16.3. The highest BCUT2D eigenvalue weighted by Gasteiger charge is 2.39. The van der Waals surface area contributed by atoms with Crippen LogP contribution in [0.5, 0.6) is 23.0 Å². The van der Waals surface area contributed by atoms with E-state index in [1.54, 1.807) is 0 Å². The Labute approximate surface area is 176 Å². The Hall–Kier alpha value is -3.58. The van der Waals surface area contributed by atoms with Crippen LogP contribution >= 0.6 is 0 Å². The molecule has 5 N–H and O–H groups in total. The second kappa shape index (κ2) is 6.97. The summed E-state index contributed by atoms with van der Waals surface area (Å²) in [6, 6.07) is 2.18. The fourth-order valence-electron chi connectivity index (χ4n) is 3.86. The molecule has 0 aliphatic carbocycles. The van der Waals surface area contributed by atoms with Crippen molar-refractivity contribution in [2.45, 2.75) is 24.6 Å². The normalized spacial score (nSPS) is 23.9. The minimum atomic E-state index is -1.68. The van der Waals surface area contributed by atoms with Crippen molar-refractivity contribution in [2.24, 2.45) is 0 Å². The van der Waals surface area contributed by atoms with Gasteiger partial charge in [-0.3, -0.25) is 0 Å². The molecule has 1 aliphatic rings. The van der Waals surface area contributed by atoms with Crippen LogP contribution in [0.1, 0.15) is 0 Å². The quantitative estimate of drug-likeness (QED) is 0.204. The summed E-state index contributed by atoms with van der Waals surface area (Å²) in [5, 5.41) is 50.2. The van der Waals surface area contributed by atoms with E-state index in [4.69, 9.17) is 23.0 Å². The molecule has 1 unspecified atom stereocenters. The van der Waals surface area contributed by atoms with Crippen molar-refractivity contribution in [2.75, 3.05) is 13.7 Å². The maximum Gasteiger partial charge on any atom is 0.344 e. The molecule has 1 aliphatic heterocycles. The standard InChI is InChI=1S/C20H16O12/c1-28-15-7(21)2-5-11-10-6(19(27)32-17(11)15)3-9(13(24)16(10)31-18(5)26)30-20-14(25)12(23)8(22)4-29-20/h2-3,8,12,14,20-25H,4H2,1H3/t8-,12+,14-,20?/m1/s1. The predicted octanol–water partition coefficient (Wildman–Crippen LogP) is -0.272. The van der Waals surface area contributed by atoms with Crippen molar-refractivity contribution in [1.82, 2.24) is 0 Å². The van der Waals surface area contributed by atoms with Gasteiger partial charge in [0.05, 0.1) is 24.5 Å². The Morgan fingerprint density at radius 2 is 1.56 bits per heavy atom. The summed E-state index contributed by atoms with van der Waals surface area (Å²) in [5.74, 6) is -1.73. The number of aliphatic hydroxyl groups excluding tert-OH is 3. The highest BCUT2D eigenvalue weighted by atomic mass is 16.7. The average molecular weight is 448 g/mol. The lowest BCUT2D eigenvalue weighted by Crippen LogP contribution is -2.54. The zero-order valence-corrected chi connectivity index (χ0v) is 16.3. The molecule has 4 atom stereocenters. The van der Waals surface area contributed by atoms with E-state index >= 15 is 0 Å². The van der Waals surface area contributed by atoms with Crippen LogP contribution in [0.15, 0.2) is 30.6 Å². The van der Waals surface area contributed by atoms with Crippen molar-refractivity contribution < 1.29 is 48.6 Å². The molecule has 0 amide bonds. The third kappa shape index (κ3) is 2.71. The summed E-state index contributed by atoms with van der Waals surface area (Å²) in [5.41, 5.74) is -2.50. The predicted molar refractivity (Wildman–Crippen MR) is 105 cm³/mol. The molecule has 1 saturated heterocycles. The van der Waals surface area contributed by atoms with Gasteiger partial charge in [-0.15, -0.1) is 0 Å². The van der Waals surface area contributed by atoms with E-state index in [-0.39, 0.29) is 39.5 Å². The first-order chi connectivity index (χ1) is 15.2. The van der Waals surface area contributed by atoms with Gasteiger partial charge in [-0.2, -0.15) is 0 Å². The van der Waals surface area contributed by atoms with Crippen LogP contribution in [0.4, 0.5) is 0 Å². The summed E-state index contributed by atoms with van der Waals surface area (Å²) in [6.07, 6.45) is -6.12. The number of phenols is 2. The van der Waals surface area contributed by atoms with E-state index in [0.29, 0.717) is 0 Å². The van der Waals surface area contributed by atoms with Gasteiger partial charge in [0.25, 0.3) is 0 Å². The van der Waals surface area contributed by atoms with Crippen LogP contribution in [0, 0.1) is 0 Å². The third-order valence-corrected chi connectivity index (χ3v) is 5.42. The largest absolute Gasteiger partial charge is 0.504 e. The van der Waals surface area contributed by atoms with Gasteiger partial charge in [0.15, 0.2) is 22.7 Å². The number of rotatable bonds is 3. The Bertz CT molecular complexity index is 1470. The van der Waals surface area contributed by atoms with E-state index in [9.17, 15) is 35.1 Å². The molecule has 4 aromatic rings. The van der Waals surface area contributed by atoms with Gasteiger partial charge in [0.2, 0.25) is 17.8 Å². The van der Waals surface area contributed by atoms with E-state index in [1.165, 1.54) is 7.11 Å². The number of methoxy groups -OCH3 is 1. The Morgan fingerprint density at radius 1 is 0.938 bits per heavy atom. The van der Waals surface area contributed by atoms with Gasteiger partial charge < -0.3 is 48.6 Å². The van der Waals surface area contributed by atoms with E-state index < -0.39 is 58.7 Å². The molecule has 0 saturated carbocycles. The first kappa shape index (κ1) is 20.3. The van der Waals surface area contributed by atoms with Crippen molar-refractivity contribution in [3.8, 4) is 23.0 Å². The number of ether oxygens (including phenoxy) is 3. The molecule has 12 heteroatoms. The molecule has 32 heavy (non-hydrogen) atoms. The lowest BCUT2D eigenvalue weighted by molar-refractivity contribution is -0.242. The number of phenolic OH excluding ortho intramolecular Hbond substituents is 2. The van der Waals surface area contributed by atoms with Gasteiger partial charge in [-0.1, -0.05) is 0 Å². The van der Waals surface area contributed by atoms with E-state index in [2.05, 4.69) is 0 Å². The van der Waals surface area contributed by atoms with Crippen molar-refractivity contribution in [3.63, 3.8) is 0 Å². The van der Waals surface area contributed by atoms with Crippen molar-refractivity contribution >= 4 is 32.7 Å². The lowest BCUT2D eigenvalue weighted by Gasteiger charge is -2.35. The minimum Gasteiger partial charge on any atom is -0.504 e. The molecule has 2 aromatic carbocycles. The van der Waals surface area contributed by atoms with Gasteiger partial charge in [-0.05, 0) is 12.1 Å². The van der Waals surface area contributed by atoms with E-state index in [1.807, 2.05) is 0 Å². The van der Waals surface area contributed by atoms with Crippen LogP contribution < -0.4 is 20.7 Å². The van der Waals surface area contributed by atoms with Crippen molar-refractivity contribution in [1.29, 1.82) is 0 Å². The fraction of sp³-hybridized carbons (Fsp3) is 0.300. The molecule has 168 valence electrons. The van der Waals surface area contributed by atoms with Gasteiger partial charge in [-0.25, -0.2) is 9.59 Å². The lowest BCUT2D eigenvalue weighted by atomic mass is 10.0. The number of hydrogen-bond donors (Lipinski definition) is 5. The molecular weight excluding hydrogens is 432 g/mol. The van der Waals surface area contributed by atoms with Gasteiger partial charge >= 0.3 is 11.3 Å². The van der Waals surface area contributed by atoms with Crippen LogP contribution in [-0.2, 0) is 4.74 Å². The maximum atomic E-state index is 12.7. The summed E-state index contributed by atoms with van der Waals surface area (Å²) >= 11 is 0. The highest BCUT2D eigenvalue weighted by molar-refractivity contribution is 6.22. The molecule has 5 rings (SSSR count). The topological polar surface area (TPSA) is 189 Å². The average Bonchev–Trinajstić information content (AvgIpc) is 2.76. The van der Waals surface area contributed by atoms with Crippen LogP contribution in [0.2, 0.25) is 0 Å². The maximum absolute atomic E-state index is 12.7. The summed E-state index contributed by atoms with van der Waals surface area (Å²) in [7, 11) is 1.23. The van der Waals surface area contributed by atoms with Crippen molar-refractivity contribution in [3.05, 3.63) is 33.0 Å². The molecular formula is C20H16O12. The van der Waals surface area contributed by atoms with Gasteiger partial charge in [0, 0.05) is 10.8 Å². The minimum absolute atomic E-state index is 0.0227. The van der Waals surface area contributed by atoms with Crippen LogP contribution in [0.3, 0.4) is 0 Å². The molecule has 0 spiro atoms. The van der Waals surface area contributed by atoms with Gasteiger partial charge in [0.1, 0.15) is 18.3 Å². The molecule has 1 fully saturated rings. The Kier molecular flexibility index (Phi) is 4.43. The number of aromatic hydroxyl groups is 2. The summed E-state index contributed by atoms with van der Waals surface area (Å²) < 4.78 is 26.2. The van der Waals surface area contributed by atoms with E-state index in [0.717, 1.165) is 12.1 Å². The molecule has 0 radical (unpaired) electrons. The SMILES string of the molecule is COc1c(O)cc2c(=O)oc3c(O)c(OC4OC[C@@H](O)[C@H](O)[C@H]4O)cc4c(=O)oc1c2c34. The summed E-state index contributed by atoms with van der Waals surface area (Å²) in [4.78, 5) is 25.3. The second-order valence-corrected chi connectivity index (χ2v) is 7.30. The smallest absolute Gasteiger partial charge is 0.344 e. The first-order valence-electron chi connectivity index (χ1n) is 9.34. The molecule has 0 bridgehead atoms. The van der Waals surface area contributed by atoms with Crippen LogP contribution in [0.25, 0.3) is 32.7 Å². The Balaban J connectivity index is 1.78. The zero-order chi connectivity index (χ0) is 22.9. The number of hydrogen-bond acceptors (Lipinski definition) is 12. The highest BCUT2D eigenvalue weighted by Crippen LogP contribution is 2.45. The number of benzene rings is 2. The molecule has 3 heterocycles. The monoisotopic (exact) mass is 448 g/mol. The second-order valence-electron chi connectivity index (χ2n) is 7.30. The van der Waals surface area contributed by atoms with Crippen LogP contribution in [-0.4, -0.2) is 63.9 Å². The summed E-state index contributed by atoms with van der Waals surface area (Å²) in [6.45, 7) is -0.363. The molecule has 2 aromatic heterocycles. The number of aliphatic hydroxyl groups is 3.